The summed E-state index contributed by atoms with van der Waals surface area (Å²) in [6.07, 6.45) is 6.13. The maximum absolute atomic E-state index is 5.24. The van der Waals surface area contributed by atoms with Crippen LogP contribution in [0.15, 0.2) is 21.8 Å². The van der Waals surface area contributed by atoms with Gasteiger partial charge in [0.2, 0.25) is 0 Å². The van der Waals surface area contributed by atoms with E-state index in [-0.39, 0.29) is 24.0 Å². The van der Waals surface area contributed by atoms with Crippen LogP contribution in [0.2, 0.25) is 0 Å². The van der Waals surface area contributed by atoms with E-state index in [0.717, 1.165) is 38.5 Å². The quantitative estimate of drug-likeness (QED) is 0.373. The van der Waals surface area contributed by atoms with E-state index in [9.17, 15) is 0 Å². The molecule has 1 aliphatic carbocycles. The Morgan fingerprint density at radius 2 is 2.23 bits per heavy atom. The summed E-state index contributed by atoms with van der Waals surface area (Å²) in [7, 11) is 3.62. The summed E-state index contributed by atoms with van der Waals surface area (Å²) >= 11 is 1.75. The third kappa shape index (κ3) is 6.04. The highest BCUT2D eigenvalue weighted by Crippen LogP contribution is 2.43. The SMILES string of the molecule is CN=C(NCCc1ccsc1)NCC1(CCOC)CCC1.I. The number of hydrogen-bond acceptors (Lipinski definition) is 3. The number of methoxy groups -OCH3 is 1. The van der Waals surface area contributed by atoms with Crippen molar-refractivity contribution in [1.82, 2.24) is 10.6 Å². The van der Waals surface area contributed by atoms with Gasteiger partial charge in [0.05, 0.1) is 0 Å². The van der Waals surface area contributed by atoms with Crippen molar-refractivity contribution in [2.24, 2.45) is 10.4 Å². The zero-order chi connectivity index (χ0) is 15.0. The van der Waals surface area contributed by atoms with Crippen molar-refractivity contribution in [3.8, 4) is 0 Å². The Hall–Kier alpha value is -0.340. The smallest absolute Gasteiger partial charge is 0.191 e. The van der Waals surface area contributed by atoms with Crippen LogP contribution in [0.3, 0.4) is 0 Å². The second-order valence-corrected chi connectivity index (χ2v) is 6.61. The number of ether oxygens (including phenoxy) is 1. The predicted molar refractivity (Wildman–Crippen MR) is 106 cm³/mol. The fourth-order valence-electron chi connectivity index (χ4n) is 2.76. The fourth-order valence-corrected chi connectivity index (χ4v) is 3.47. The molecule has 1 aromatic heterocycles. The van der Waals surface area contributed by atoms with Gasteiger partial charge < -0.3 is 15.4 Å². The first-order valence-corrected chi connectivity index (χ1v) is 8.67. The van der Waals surface area contributed by atoms with Gasteiger partial charge in [-0.05, 0) is 53.5 Å². The molecule has 1 aromatic rings. The summed E-state index contributed by atoms with van der Waals surface area (Å²) in [5.74, 6) is 0.911. The van der Waals surface area contributed by atoms with E-state index in [0.29, 0.717) is 5.41 Å². The third-order valence-corrected chi connectivity index (χ3v) is 5.12. The summed E-state index contributed by atoms with van der Waals surface area (Å²) in [4.78, 5) is 4.31. The van der Waals surface area contributed by atoms with Gasteiger partial charge in [-0.25, -0.2) is 0 Å². The van der Waals surface area contributed by atoms with Crippen LogP contribution >= 0.6 is 35.3 Å². The molecule has 0 radical (unpaired) electrons. The van der Waals surface area contributed by atoms with E-state index in [2.05, 4.69) is 32.5 Å². The van der Waals surface area contributed by atoms with Crippen LogP contribution in [0, 0.1) is 5.41 Å². The van der Waals surface area contributed by atoms with Crippen LogP contribution in [0.1, 0.15) is 31.2 Å². The van der Waals surface area contributed by atoms with E-state index >= 15 is 0 Å². The van der Waals surface area contributed by atoms with Gasteiger partial charge in [-0.3, -0.25) is 4.99 Å². The molecule has 0 aliphatic heterocycles. The number of aliphatic imine (C=N–C) groups is 1. The van der Waals surface area contributed by atoms with E-state index < -0.39 is 0 Å². The lowest BCUT2D eigenvalue weighted by Gasteiger charge is -2.42. The van der Waals surface area contributed by atoms with Gasteiger partial charge in [-0.15, -0.1) is 24.0 Å². The first kappa shape index (κ1) is 19.7. The molecule has 2 rings (SSSR count). The first-order valence-electron chi connectivity index (χ1n) is 7.72. The summed E-state index contributed by atoms with van der Waals surface area (Å²) in [5.41, 5.74) is 1.81. The van der Waals surface area contributed by atoms with E-state index in [4.69, 9.17) is 4.74 Å². The molecular formula is C16H28IN3OS. The molecule has 1 heterocycles. The molecule has 4 nitrogen and oxygen atoms in total. The molecule has 1 fully saturated rings. The molecule has 0 amide bonds. The van der Waals surface area contributed by atoms with Gasteiger partial charge in [-0.2, -0.15) is 11.3 Å². The molecular weight excluding hydrogens is 409 g/mol. The Morgan fingerprint density at radius 3 is 2.77 bits per heavy atom. The number of nitrogens with zero attached hydrogens (tertiary/aromatic N) is 1. The van der Waals surface area contributed by atoms with Crippen LogP contribution in [0.4, 0.5) is 0 Å². The highest BCUT2D eigenvalue weighted by Gasteiger charge is 2.36. The maximum atomic E-state index is 5.24. The van der Waals surface area contributed by atoms with Crippen molar-refractivity contribution < 1.29 is 4.74 Å². The molecule has 6 heteroatoms. The van der Waals surface area contributed by atoms with Gasteiger partial charge in [0.1, 0.15) is 0 Å². The number of thiophene rings is 1. The molecule has 0 saturated heterocycles. The monoisotopic (exact) mass is 437 g/mol. The normalized spacial score (nSPS) is 16.5. The summed E-state index contributed by atoms with van der Waals surface area (Å²) in [6, 6.07) is 2.18. The highest BCUT2D eigenvalue weighted by molar-refractivity contribution is 14.0. The second kappa shape index (κ2) is 10.4. The van der Waals surface area contributed by atoms with Gasteiger partial charge in [0.15, 0.2) is 5.96 Å². The molecule has 0 atom stereocenters. The number of guanidine groups is 1. The van der Waals surface area contributed by atoms with Crippen molar-refractivity contribution in [1.29, 1.82) is 0 Å². The largest absolute Gasteiger partial charge is 0.385 e. The Balaban J connectivity index is 0.00000242. The molecule has 126 valence electrons. The molecule has 0 aromatic carbocycles. The number of halogens is 1. The minimum absolute atomic E-state index is 0. The lowest BCUT2D eigenvalue weighted by Crippen LogP contribution is -2.47. The summed E-state index contributed by atoms with van der Waals surface area (Å²) in [5, 5.41) is 11.2. The summed E-state index contributed by atoms with van der Waals surface area (Å²) in [6.45, 7) is 2.77. The average molecular weight is 437 g/mol. The Bertz CT molecular complexity index is 433. The first-order chi connectivity index (χ1) is 10.3. The molecule has 1 saturated carbocycles. The lowest BCUT2D eigenvalue weighted by atomic mass is 9.67. The summed E-state index contributed by atoms with van der Waals surface area (Å²) < 4.78 is 5.24. The average Bonchev–Trinajstić information content (AvgIpc) is 2.97. The molecule has 0 unspecified atom stereocenters. The maximum Gasteiger partial charge on any atom is 0.191 e. The Kier molecular flexibility index (Phi) is 9.35. The van der Waals surface area contributed by atoms with Crippen molar-refractivity contribution >= 4 is 41.3 Å². The van der Waals surface area contributed by atoms with E-state index in [1.165, 1.54) is 24.8 Å². The van der Waals surface area contributed by atoms with Crippen molar-refractivity contribution in [2.75, 3.05) is 33.9 Å². The van der Waals surface area contributed by atoms with Crippen molar-refractivity contribution in [3.05, 3.63) is 22.4 Å². The fraction of sp³-hybridized carbons (Fsp3) is 0.688. The van der Waals surface area contributed by atoms with Gasteiger partial charge >= 0.3 is 0 Å². The van der Waals surface area contributed by atoms with Gasteiger partial charge in [-0.1, -0.05) is 6.42 Å². The standard InChI is InChI=1S/C16H27N3OS.HI/c1-17-15(18-9-4-14-5-11-21-12-14)19-13-16(6-3-7-16)8-10-20-2;/h5,11-12H,3-4,6-10,13H2,1-2H3,(H2,17,18,19);1H. The third-order valence-electron chi connectivity index (χ3n) is 4.39. The topological polar surface area (TPSA) is 45.7 Å². The van der Waals surface area contributed by atoms with Crippen LogP contribution in [-0.2, 0) is 11.2 Å². The highest BCUT2D eigenvalue weighted by atomic mass is 127. The molecule has 22 heavy (non-hydrogen) atoms. The number of nitrogens with one attached hydrogen (secondary N) is 2. The number of rotatable bonds is 8. The molecule has 0 spiro atoms. The number of hydrogen-bond donors (Lipinski definition) is 2. The van der Waals surface area contributed by atoms with Crippen LogP contribution in [0.25, 0.3) is 0 Å². The van der Waals surface area contributed by atoms with E-state index in [1.54, 1.807) is 18.4 Å². The van der Waals surface area contributed by atoms with Crippen molar-refractivity contribution in [3.63, 3.8) is 0 Å². The molecule has 2 N–H and O–H groups in total. The Labute approximate surface area is 155 Å². The van der Waals surface area contributed by atoms with Gasteiger partial charge in [0.25, 0.3) is 0 Å². The van der Waals surface area contributed by atoms with Crippen LogP contribution in [-0.4, -0.2) is 39.8 Å². The lowest BCUT2D eigenvalue weighted by molar-refractivity contribution is 0.0732. The van der Waals surface area contributed by atoms with Gasteiger partial charge in [0, 0.05) is 33.9 Å². The molecule has 1 aliphatic rings. The van der Waals surface area contributed by atoms with Crippen molar-refractivity contribution in [2.45, 2.75) is 32.1 Å². The Morgan fingerprint density at radius 1 is 1.41 bits per heavy atom. The van der Waals surface area contributed by atoms with E-state index in [1.807, 2.05) is 7.05 Å². The zero-order valence-electron chi connectivity index (χ0n) is 13.6. The second-order valence-electron chi connectivity index (χ2n) is 5.83. The zero-order valence-corrected chi connectivity index (χ0v) is 16.7. The predicted octanol–water partition coefficient (Wildman–Crippen LogP) is 3.28. The van der Waals surface area contributed by atoms with Crippen LogP contribution < -0.4 is 10.6 Å². The van der Waals surface area contributed by atoms with Crippen LogP contribution in [0.5, 0.6) is 0 Å². The molecule has 0 bridgehead atoms. The minimum Gasteiger partial charge on any atom is -0.385 e. The minimum atomic E-state index is 0.